The first-order valence-corrected chi connectivity index (χ1v) is 7.66. The van der Waals surface area contributed by atoms with E-state index in [-0.39, 0.29) is 11.3 Å². The van der Waals surface area contributed by atoms with Crippen molar-refractivity contribution in [2.45, 2.75) is 31.6 Å². The highest BCUT2D eigenvalue weighted by Crippen LogP contribution is 2.47. The second kappa shape index (κ2) is 5.72. The van der Waals surface area contributed by atoms with Crippen LogP contribution in [0.3, 0.4) is 0 Å². The summed E-state index contributed by atoms with van der Waals surface area (Å²) in [5.41, 5.74) is 3.51. The minimum atomic E-state index is 0.0276. The van der Waals surface area contributed by atoms with E-state index < -0.39 is 0 Å². The number of carbonyl (C=O) groups is 1. The van der Waals surface area contributed by atoms with Crippen LogP contribution in [0, 0.1) is 0 Å². The van der Waals surface area contributed by atoms with Crippen molar-refractivity contribution in [1.82, 2.24) is 5.32 Å². The van der Waals surface area contributed by atoms with Crippen molar-refractivity contribution >= 4 is 5.91 Å². The number of nitrogens with one attached hydrogen (secondary N) is 1. The van der Waals surface area contributed by atoms with Gasteiger partial charge in [0.2, 0.25) is 0 Å². The van der Waals surface area contributed by atoms with E-state index in [0.29, 0.717) is 0 Å². The second-order valence-corrected chi connectivity index (χ2v) is 5.88. The molecule has 0 radical (unpaired) electrons. The monoisotopic (exact) mass is 279 g/mol. The summed E-state index contributed by atoms with van der Waals surface area (Å²) in [6.45, 7) is 2.84. The van der Waals surface area contributed by atoms with Gasteiger partial charge >= 0.3 is 0 Å². The third kappa shape index (κ3) is 2.99. The largest absolute Gasteiger partial charge is 0.351 e. The van der Waals surface area contributed by atoms with Gasteiger partial charge in [0.1, 0.15) is 0 Å². The fraction of sp³-hybridized carbons (Fsp3) is 0.316. The molecule has 0 aromatic heterocycles. The molecule has 1 aliphatic carbocycles. The van der Waals surface area contributed by atoms with Gasteiger partial charge in [-0.1, -0.05) is 49.4 Å². The van der Waals surface area contributed by atoms with Crippen LogP contribution in [0.5, 0.6) is 0 Å². The molecule has 2 aromatic carbocycles. The van der Waals surface area contributed by atoms with Gasteiger partial charge in [-0.05, 0) is 42.5 Å². The van der Waals surface area contributed by atoms with Crippen molar-refractivity contribution in [3.05, 3.63) is 71.3 Å². The lowest BCUT2D eigenvalue weighted by Gasteiger charge is -2.16. The van der Waals surface area contributed by atoms with Crippen LogP contribution in [0.15, 0.2) is 54.6 Å². The van der Waals surface area contributed by atoms with Crippen molar-refractivity contribution in [3.8, 4) is 0 Å². The first-order valence-electron chi connectivity index (χ1n) is 7.66. The quantitative estimate of drug-likeness (QED) is 0.888. The van der Waals surface area contributed by atoms with Crippen LogP contribution in [0.4, 0.5) is 0 Å². The first-order chi connectivity index (χ1) is 10.2. The molecular weight excluding hydrogens is 258 g/mol. The SMILES string of the molecule is CCc1ccc(C(=O)NCC2(c3ccccc3)CC2)cc1. The highest BCUT2D eigenvalue weighted by molar-refractivity contribution is 5.94. The molecule has 0 spiro atoms. The normalized spacial score (nSPS) is 15.5. The van der Waals surface area contributed by atoms with E-state index >= 15 is 0 Å². The molecule has 1 N–H and O–H groups in total. The number of hydrogen-bond donors (Lipinski definition) is 1. The van der Waals surface area contributed by atoms with Crippen LogP contribution in [-0.2, 0) is 11.8 Å². The smallest absolute Gasteiger partial charge is 0.251 e. The maximum absolute atomic E-state index is 12.2. The summed E-state index contributed by atoms with van der Waals surface area (Å²) in [6, 6.07) is 18.4. The molecule has 0 unspecified atom stereocenters. The van der Waals surface area contributed by atoms with Crippen LogP contribution >= 0.6 is 0 Å². The van der Waals surface area contributed by atoms with E-state index in [1.54, 1.807) is 0 Å². The van der Waals surface area contributed by atoms with Crippen LogP contribution < -0.4 is 5.32 Å². The first kappa shape index (κ1) is 13.9. The van der Waals surface area contributed by atoms with Gasteiger partial charge in [-0.15, -0.1) is 0 Å². The van der Waals surface area contributed by atoms with Crippen molar-refractivity contribution in [3.63, 3.8) is 0 Å². The number of rotatable bonds is 5. The van der Waals surface area contributed by atoms with E-state index in [4.69, 9.17) is 0 Å². The molecule has 108 valence electrons. The van der Waals surface area contributed by atoms with E-state index in [0.717, 1.165) is 31.4 Å². The fourth-order valence-electron chi connectivity index (χ4n) is 2.75. The Morgan fingerprint density at radius 3 is 2.29 bits per heavy atom. The Morgan fingerprint density at radius 2 is 1.71 bits per heavy atom. The van der Waals surface area contributed by atoms with Crippen LogP contribution in [-0.4, -0.2) is 12.5 Å². The Bertz CT molecular complexity index is 612. The lowest BCUT2D eigenvalue weighted by atomic mass is 9.96. The number of aryl methyl sites for hydroxylation is 1. The molecule has 21 heavy (non-hydrogen) atoms. The van der Waals surface area contributed by atoms with E-state index in [9.17, 15) is 4.79 Å². The molecule has 2 heteroatoms. The summed E-state index contributed by atoms with van der Waals surface area (Å²) in [7, 11) is 0. The Morgan fingerprint density at radius 1 is 1.05 bits per heavy atom. The van der Waals surface area contributed by atoms with Crippen molar-refractivity contribution < 1.29 is 4.79 Å². The van der Waals surface area contributed by atoms with Gasteiger partial charge in [0, 0.05) is 17.5 Å². The molecule has 3 rings (SSSR count). The topological polar surface area (TPSA) is 29.1 Å². The number of amides is 1. The van der Waals surface area contributed by atoms with Gasteiger partial charge in [-0.25, -0.2) is 0 Å². The van der Waals surface area contributed by atoms with Crippen molar-refractivity contribution in [2.75, 3.05) is 6.54 Å². The van der Waals surface area contributed by atoms with Gasteiger partial charge in [-0.3, -0.25) is 4.79 Å². The van der Waals surface area contributed by atoms with Crippen LogP contribution in [0.25, 0.3) is 0 Å². The van der Waals surface area contributed by atoms with Crippen LogP contribution in [0.2, 0.25) is 0 Å². The van der Waals surface area contributed by atoms with Gasteiger partial charge in [-0.2, -0.15) is 0 Å². The summed E-state index contributed by atoms with van der Waals surface area (Å²) in [5.74, 6) is 0.0276. The zero-order valence-corrected chi connectivity index (χ0v) is 12.4. The number of carbonyl (C=O) groups excluding carboxylic acids is 1. The van der Waals surface area contributed by atoms with E-state index in [2.05, 4.69) is 36.5 Å². The third-order valence-electron chi connectivity index (χ3n) is 4.45. The zero-order valence-electron chi connectivity index (χ0n) is 12.4. The lowest BCUT2D eigenvalue weighted by molar-refractivity contribution is 0.0949. The molecule has 2 nitrogen and oxygen atoms in total. The molecule has 1 saturated carbocycles. The van der Waals surface area contributed by atoms with E-state index in [1.807, 2.05) is 30.3 Å². The highest BCUT2D eigenvalue weighted by Gasteiger charge is 2.44. The standard InChI is InChI=1S/C19H21NO/c1-2-15-8-10-16(11-9-15)18(21)20-14-19(12-13-19)17-6-4-3-5-7-17/h3-11H,2,12-14H2,1H3,(H,20,21). The molecule has 1 amide bonds. The maximum Gasteiger partial charge on any atom is 0.251 e. The minimum absolute atomic E-state index is 0.0276. The number of benzene rings is 2. The Labute approximate surface area is 126 Å². The summed E-state index contributed by atoms with van der Waals surface area (Å²) in [6.07, 6.45) is 3.32. The van der Waals surface area contributed by atoms with E-state index in [1.165, 1.54) is 11.1 Å². The molecular formula is C19H21NO. The molecule has 0 heterocycles. The summed E-state index contributed by atoms with van der Waals surface area (Å²) < 4.78 is 0. The van der Waals surface area contributed by atoms with Gasteiger partial charge in [0.25, 0.3) is 5.91 Å². The second-order valence-electron chi connectivity index (χ2n) is 5.88. The summed E-state index contributed by atoms with van der Waals surface area (Å²) in [5, 5.41) is 3.10. The minimum Gasteiger partial charge on any atom is -0.351 e. The molecule has 0 aliphatic heterocycles. The Hall–Kier alpha value is -2.09. The molecule has 1 fully saturated rings. The average molecular weight is 279 g/mol. The predicted octanol–water partition coefficient (Wildman–Crippen LogP) is 3.71. The zero-order chi connectivity index (χ0) is 14.7. The number of hydrogen-bond acceptors (Lipinski definition) is 1. The summed E-state index contributed by atoms with van der Waals surface area (Å²) in [4.78, 5) is 12.2. The lowest BCUT2D eigenvalue weighted by Crippen LogP contribution is -2.32. The molecule has 0 saturated heterocycles. The van der Waals surface area contributed by atoms with Gasteiger partial charge in [0.15, 0.2) is 0 Å². The predicted molar refractivity (Wildman–Crippen MR) is 85.5 cm³/mol. The van der Waals surface area contributed by atoms with Crippen LogP contribution in [0.1, 0.15) is 41.3 Å². The Balaban J connectivity index is 1.63. The van der Waals surface area contributed by atoms with Gasteiger partial charge < -0.3 is 5.32 Å². The Kier molecular flexibility index (Phi) is 3.78. The maximum atomic E-state index is 12.2. The van der Waals surface area contributed by atoms with Gasteiger partial charge in [0.05, 0.1) is 0 Å². The summed E-state index contributed by atoms with van der Waals surface area (Å²) >= 11 is 0. The molecule has 0 atom stereocenters. The fourth-order valence-corrected chi connectivity index (χ4v) is 2.75. The van der Waals surface area contributed by atoms with Crippen molar-refractivity contribution in [2.24, 2.45) is 0 Å². The highest BCUT2D eigenvalue weighted by atomic mass is 16.1. The third-order valence-corrected chi connectivity index (χ3v) is 4.45. The molecule has 2 aromatic rings. The molecule has 0 bridgehead atoms. The van der Waals surface area contributed by atoms with Crippen molar-refractivity contribution in [1.29, 1.82) is 0 Å². The molecule has 1 aliphatic rings. The average Bonchev–Trinajstić information content (AvgIpc) is 3.35.